The molecule has 31 heavy (non-hydrogen) atoms. The third-order valence-corrected chi connectivity index (χ3v) is 5.87. The number of amides is 2. The summed E-state index contributed by atoms with van der Waals surface area (Å²) in [6.45, 7) is 5.79. The third-order valence-electron chi connectivity index (χ3n) is 5.87. The second-order valence-corrected chi connectivity index (χ2v) is 8.28. The van der Waals surface area contributed by atoms with Gasteiger partial charge in [0, 0.05) is 29.6 Å². The first kappa shape index (κ1) is 21.1. The molecule has 0 bridgehead atoms. The molecule has 2 heterocycles. The average molecular weight is 424 g/mol. The summed E-state index contributed by atoms with van der Waals surface area (Å²) < 4.78 is 13.2. The molecule has 0 unspecified atom stereocenters. The Balaban J connectivity index is 1.55. The maximum atomic E-state index is 13.2. The van der Waals surface area contributed by atoms with Crippen molar-refractivity contribution in [1.82, 2.24) is 9.88 Å². The van der Waals surface area contributed by atoms with Crippen LogP contribution < -0.4 is 15.8 Å². The maximum absolute atomic E-state index is 13.2. The molecule has 162 valence electrons. The van der Waals surface area contributed by atoms with E-state index in [1.807, 2.05) is 31.2 Å². The van der Waals surface area contributed by atoms with Gasteiger partial charge in [-0.05, 0) is 54.3 Å². The molecule has 1 aliphatic rings. The Kier molecular flexibility index (Phi) is 6.32. The second-order valence-electron chi connectivity index (χ2n) is 8.28. The van der Waals surface area contributed by atoms with E-state index in [1.165, 1.54) is 42.0 Å². The molecule has 4 rings (SSSR count). The molecule has 1 aromatic heterocycles. The number of nitrogens with one attached hydrogen (secondary N) is 3. The third kappa shape index (κ3) is 5.30. The van der Waals surface area contributed by atoms with E-state index in [0.29, 0.717) is 17.8 Å². The number of urea groups is 1. The average Bonchev–Trinajstić information content (AvgIpc) is 3.26. The molecular weight excluding hydrogens is 395 g/mol. The van der Waals surface area contributed by atoms with Gasteiger partial charge in [-0.2, -0.15) is 0 Å². The van der Waals surface area contributed by atoms with Crippen LogP contribution in [0.15, 0.2) is 53.3 Å². The van der Waals surface area contributed by atoms with Gasteiger partial charge in [0.05, 0.1) is 32.7 Å². The molecule has 2 aromatic carbocycles. The van der Waals surface area contributed by atoms with Gasteiger partial charge in [-0.1, -0.05) is 12.1 Å². The molecular formula is C24H28FN4O2+. The number of fused-ring (bicyclic) bond motifs is 1. The number of benzene rings is 2. The fourth-order valence-corrected chi connectivity index (χ4v) is 4.09. The largest absolute Gasteiger partial charge is 0.333 e. The van der Waals surface area contributed by atoms with Gasteiger partial charge in [-0.25, -0.2) is 9.18 Å². The summed E-state index contributed by atoms with van der Waals surface area (Å²) >= 11 is 0. The van der Waals surface area contributed by atoms with Gasteiger partial charge in [-0.15, -0.1) is 0 Å². The van der Waals surface area contributed by atoms with Crippen LogP contribution in [0.4, 0.5) is 14.9 Å². The zero-order valence-corrected chi connectivity index (χ0v) is 17.7. The quantitative estimate of drug-likeness (QED) is 0.571. The summed E-state index contributed by atoms with van der Waals surface area (Å²) in [7, 11) is 0. The molecule has 1 aliphatic heterocycles. The Bertz CT molecular complexity index is 1120. The molecule has 7 heteroatoms. The van der Waals surface area contributed by atoms with Crippen LogP contribution in [0.5, 0.6) is 0 Å². The summed E-state index contributed by atoms with van der Waals surface area (Å²) in [5.41, 5.74) is 2.74. The number of aromatic nitrogens is 1. The van der Waals surface area contributed by atoms with Gasteiger partial charge in [-0.3, -0.25) is 4.79 Å². The van der Waals surface area contributed by atoms with Gasteiger partial charge < -0.3 is 20.1 Å². The van der Waals surface area contributed by atoms with E-state index in [4.69, 9.17) is 0 Å². The van der Waals surface area contributed by atoms with Crippen molar-refractivity contribution in [2.45, 2.75) is 26.3 Å². The molecule has 6 nitrogen and oxygen atoms in total. The van der Waals surface area contributed by atoms with Crippen LogP contribution in [0.2, 0.25) is 0 Å². The van der Waals surface area contributed by atoms with Crippen molar-refractivity contribution in [3.8, 4) is 0 Å². The van der Waals surface area contributed by atoms with Crippen molar-refractivity contribution in [3.05, 3.63) is 75.8 Å². The molecule has 0 saturated carbocycles. The lowest BCUT2D eigenvalue weighted by atomic mass is 10.1. The summed E-state index contributed by atoms with van der Waals surface area (Å²) in [5, 5.41) is 3.76. The lowest BCUT2D eigenvalue weighted by Crippen LogP contribution is -3.10. The molecule has 2 amide bonds. The molecule has 0 radical (unpaired) electrons. The number of nitrogens with zero attached hydrogens (tertiary/aromatic N) is 1. The Morgan fingerprint density at radius 1 is 1.13 bits per heavy atom. The normalized spacial score (nSPS) is 14.1. The van der Waals surface area contributed by atoms with Gasteiger partial charge >= 0.3 is 6.03 Å². The zero-order chi connectivity index (χ0) is 21.8. The van der Waals surface area contributed by atoms with Crippen LogP contribution >= 0.6 is 0 Å². The van der Waals surface area contributed by atoms with Gasteiger partial charge in [0.25, 0.3) is 5.56 Å². The highest BCUT2D eigenvalue weighted by atomic mass is 19.1. The van der Waals surface area contributed by atoms with E-state index >= 15 is 0 Å². The molecule has 0 atom stereocenters. The number of hydrogen-bond acceptors (Lipinski definition) is 2. The van der Waals surface area contributed by atoms with Crippen LogP contribution in [-0.2, 0) is 6.54 Å². The Morgan fingerprint density at radius 3 is 2.61 bits per heavy atom. The van der Waals surface area contributed by atoms with Crippen LogP contribution in [0.1, 0.15) is 24.0 Å². The highest BCUT2D eigenvalue weighted by molar-refractivity contribution is 5.89. The molecule has 0 aliphatic carbocycles. The van der Waals surface area contributed by atoms with Gasteiger partial charge in [0.15, 0.2) is 0 Å². The first-order valence-corrected chi connectivity index (χ1v) is 10.8. The van der Waals surface area contributed by atoms with Crippen molar-refractivity contribution in [1.29, 1.82) is 0 Å². The number of aryl methyl sites for hydroxylation is 1. The topological polar surface area (TPSA) is 69.6 Å². The lowest BCUT2D eigenvalue weighted by molar-refractivity contribution is -0.886. The number of hydrogen-bond donors (Lipinski definition) is 3. The van der Waals surface area contributed by atoms with Crippen LogP contribution in [0, 0.1) is 12.7 Å². The molecule has 3 N–H and O–H groups in total. The Hall–Kier alpha value is -3.19. The van der Waals surface area contributed by atoms with Crippen molar-refractivity contribution < 1.29 is 14.1 Å². The maximum Gasteiger partial charge on any atom is 0.322 e. The van der Waals surface area contributed by atoms with E-state index in [-0.39, 0.29) is 24.0 Å². The highest BCUT2D eigenvalue weighted by Crippen LogP contribution is 2.15. The summed E-state index contributed by atoms with van der Waals surface area (Å²) in [6.07, 6.45) is 2.42. The van der Waals surface area contributed by atoms with E-state index in [2.05, 4.69) is 10.3 Å². The smallest absolute Gasteiger partial charge is 0.322 e. The van der Waals surface area contributed by atoms with Crippen LogP contribution in [0.3, 0.4) is 0 Å². The lowest BCUT2D eigenvalue weighted by Gasteiger charge is -2.24. The number of pyridine rings is 1. The Morgan fingerprint density at radius 2 is 1.87 bits per heavy atom. The minimum absolute atomic E-state index is 0.189. The van der Waals surface area contributed by atoms with Gasteiger partial charge in [0.1, 0.15) is 5.82 Å². The number of carbonyl (C=O) groups excluding carboxylic acids is 1. The number of quaternary nitrogens is 1. The van der Waals surface area contributed by atoms with Gasteiger partial charge in [0.2, 0.25) is 0 Å². The fraction of sp³-hybridized carbons (Fsp3) is 0.333. The van der Waals surface area contributed by atoms with Crippen molar-refractivity contribution >= 4 is 22.6 Å². The Labute approximate surface area is 180 Å². The number of rotatable bonds is 6. The zero-order valence-electron chi connectivity index (χ0n) is 17.7. The molecule has 1 fully saturated rings. The molecule has 1 saturated heterocycles. The fourth-order valence-electron chi connectivity index (χ4n) is 4.09. The summed E-state index contributed by atoms with van der Waals surface area (Å²) in [5.74, 6) is -0.356. The standard InChI is InChI=1S/C24H27FN4O2/c1-17-4-5-18-15-19(23(30)27-22(18)14-17)16-29(13-12-28-10-2-3-11-28)24(31)26-21-8-6-20(25)7-9-21/h4-9,14-15H,2-3,10-13,16H2,1H3,(H,26,31)(H,27,30)/p+1. The van der Waals surface area contributed by atoms with E-state index in [1.54, 1.807) is 4.90 Å². The highest BCUT2D eigenvalue weighted by Gasteiger charge is 2.21. The van der Waals surface area contributed by atoms with Crippen molar-refractivity contribution in [2.75, 3.05) is 31.5 Å². The number of aromatic amines is 1. The van der Waals surface area contributed by atoms with E-state index < -0.39 is 0 Å². The molecule has 3 aromatic rings. The number of H-pyrrole nitrogens is 1. The van der Waals surface area contributed by atoms with Crippen molar-refractivity contribution in [2.24, 2.45) is 0 Å². The monoisotopic (exact) mass is 423 g/mol. The number of likely N-dealkylation sites (tertiary alicyclic amines) is 1. The van der Waals surface area contributed by atoms with E-state index in [0.717, 1.165) is 36.1 Å². The summed E-state index contributed by atoms with van der Waals surface area (Å²) in [4.78, 5) is 31.8. The minimum Gasteiger partial charge on any atom is -0.333 e. The predicted octanol–water partition coefficient (Wildman–Crippen LogP) is 2.69. The second kappa shape index (κ2) is 9.31. The minimum atomic E-state index is -0.356. The first-order valence-electron chi connectivity index (χ1n) is 10.8. The SMILES string of the molecule is Cc1ccc2cc(CN(CC[NH+]3CCCC3)C(=O)Nc3ccc(F)cc3)c(=O)[nH]c2c1. The van der Waals surface area contributed by atoms with E-state index in [9.17, 15) is 14.0 Å². The summed E-state index contributed by atoms with van der Waals surface area (Å²) in [6, 6.07) is 13.2. The molecule has 0 spiro atoms. The first-order chi connectivity index (χ1) is 15.0. The number of halogens is 1. The van der Waals surface area contributed by atoms with Crippen LogP contribution in [-0.4, -0.2) is 42.1 Å². The predicted molar refractivity (Wildman–Crippen MR) is 120 cm³/mol. The van der Waals surface area contributed by atoms with Crippen LogP contribution in [0.25, 0.3) is 10.9 Å². The van der Waals surface area contributed by atoms with Crippen molar-refractivity contribution in [3.63, 3.8) is 0 Å². The number of anilines is 1. The number of carbonyl (C=O) groups is 1.